The third kappa shape index (κ3) is 4.43. The molecule has 2 rings (SSSR count). The molecule has 0 saturated carbocycles. The van der Waals surface area contributed by atoms with E-state index in [4.69, 9.17) is 0 Å². The molecule has 0 bridgehead atoms. The normalized spacial score (nSPS) is 11.9. The third-order valence-corrected chi connectivity index (χ3v) is 3.49. The van der Waals surface area contributed by atoms with Crippen LogP contribution in [0.1, 0.15) is 30.9 Å². The smallest absolute Gasteiger partial charge is 0.305 e. The molecule has 1 atom stereocenters. The molecule has 0 amide bonds. The lowest BCUT2D eigenvalue weighted by molar-refractivity contribution is -0.140. The number of hydrogen-bond donors (Lipinski definition) is 1. The summed E-state index contributed by atoms with van der Waals surface area (Å²) in [7, 11) is 1.38. The maximum absolute atomic E-state index is 11.0. The van der Waals surface area contributed by atoms with E-state index in [1.165, 1.54) is 7.11 Å². The average molecular weight is 284 g/mol. The van der Waals surface area contributed by atoms with E-state index in [0.717, 1.165) is 16.7 Å². The van der Waals surface area contributed by atoms with Crippen molar-refractivity contribution in [2.75, 3.05) is 7.11 Å². The van der Waals surface area contributed by atoms with Gasteiger partial charge in [0.15, 0.2) is 0 Å². The number of benzene rings is 2. The molecule has 0 fully saturated rings. The first-order chi connectivity index (χ1) is 10.2. The minimum Gasteiger partial charge on any atom is -0.469 e. The van der Waals surface area contributed by atoms with Crippen LogP contribution in [0.15, 0.2) is 54.6 Å². The molecule has 3 heteroatoms. The predicted molar refractivity (Wildman–Crippen MR) is 82.7 cm³/mol. The summed E-state index contributed by atoms with van der Waals surface area (Å²) in [6.45, 7) is 0. The summed E-state index contributed by atoms with van der Waals surface area (Å²) in [6, 6.07) is 18.0. The molecule has 3 nitrogen and oxygen atoms in total. The first-order valence-electron chi connectivity index (χ1n) is 7.11. The molecule has 2 aromatic rings. The molecule has 0 saturated heterocycles. The highest BCUT2D eigenvalue weighted by Crippen LogP contribution is 2.24. The van der Waals surface area contributed by atoms with Crippen LogP contribution in [0.2, 0.25) is 0 Å². The fourth-order valence-corrected chi connectivity index (χ4v) is 2.24. The zero-order chi connectivity index (χ0) is 15.1. The summed E-state index contributed by atoms with van der Waals surface area (Å²) in [5, 5.41) is 10.1. The van der Waals surface area contributed by atoms with Gasteiger partial charge < -0.3 is 9.84 Å². The summed E-state index contributed by atoms with van der Waals surface area (Å²) in [5.74, 6) is -0.235. The Balaban J connectivity index is 1.94. The molecule has 21 heavy (non-hydrogen) atoms. The second kappa shape index (κ2) is 7.60. The molecule has 0 heterocycles. The van der Waals surface area contributed by atoms with E-state index in [1.54, 1.807) is 0 Å². The van der Waals surface area contributed by atoms with E-state index in [9.17, 15) is 9.90 Å². The van der Waals surface area contributed by atoms with Crippen LogP contribution in [-0.4, -0.2) is 18.2 Å². The number of hydrogen-bond acceptors (Lipinski definition) is 3. The van der Waals surface area contributed by atoms with Gasteiger partial charge in [-0.25, -0.2) is 0 Å². The SMILES string of the molecule is COC(=O)CCCC(O)c1ccc(-c2ccccc2)cc1. The summed E-state index contributed by atoms with van der Waals surface area (Å²) < 4.78 is 4.58. The van der Waals surface area contributed by atoms with Crippen molar-refractivity contribution in [2.24, 2.45) is 0 Å². The predicted octanol–water partition coefficient (Wildman–Crippen LogP) is 3.73. The van der Waals surface area contributed by atoms with E-state index in [0.29, 0.717) is 19.3 Å². The number of rotatable bonds is 6. The molecule has 0 aliphatic carbocycles. The first-order valence-corrected chi connectivity index (χ1v) is 7.11. The summed E-state index contributed by atoms with van der Waals surface area (Å²) >= 11 is 0. The van der Waals surface area contributed by atoms with Gasteiger partial charge in [-0.3, -0.25) is 4.79 Å². The minimum absolute atomic E-state index is 0.235. The Hall–Kier alpha value is -2.13. The van der Waals surface area contributed by atoms with Crippen molar-refractivity contribution in [3.05, 3.63) is 60.2 Å². The van der Waals surface area contributed by atoms with Crippen LogP contribution in [-0.2, 0) is 9.53 Å². The van der Waals surface area contributed by atoms with Crippen molar-refractivity contribution in [2.45, 2.75) is 25.4 Å². The van der Waals surface area contributed by atoms with E-state index >= 15 is 0 Å². The van der Waals surface area contributed by atoms with Crippen LogP contribution in [0.5, 0.6) is 0 Å². The zero-order valence-corrected chi connectivity index (χ0v) is 12.2. The van der Waals surface area contributed by atoms with Gasteiger partial charge in [0.1, 0.15) is 0 Å². The summed E-state index contributed by atoms with van der Waals surface area (Å²) in [5.41, 5.74) is 3.16. The summed E-state index contributed by atoms with van der Waals surface area (Å²) in [6.07, 6.45) is 0.975. The van der Waals surface area contributed by atoms with Crippen LogP contribution >= 0.6 is 0 Å². The number of aliphatic hydroxyl groups excluding tert-OH is 1. The lowest BCUT2D eigenvalue weighted by Gasteiger charge is -2.11. The second-order valence-corrected chi connectivity index (χ2v) is 4.97. The molecule has 1 N–H and O–H groups in total. The highest BCUT2D eigenvalue weighted by atomic mass is 16.5. The molecule has 0 aromatic heterocycles. The van der Waals surface area contributed by atoms with E-state index in [-0.39, 0.29) is 5.97 Å². The van der Waals surface area contributed by atoms with Crippen LogP contribution in [0, 0.1) is 0 Å². The molecule has 1 unspecified atom stereocenters. The Kier molecular flexibility index (Phi) is 5.52. The van der Waals surface area contributed by atoms with Crippen molar-refractivity contribution in [3.8, 4) is 11.1 Å². The molecule has 0 radical (unpaired) electrons. The fraction of sp³-hybridized carbons (Fsp3) is 0.278. The Morgan fingerprint density at radius 3 is 2.29 bits per heavy atom. The zero-order valence-electron chi connectivity index (χ0n) is 12.2. The topological polar surface area (TPSA) is 46.5 Å². The molecule has 0 aliphatic rings. The van der Waals surface area contributed by atoms with Gasteiger partial charge in [-0.1, -0.05) is 54.6 Å². The maximum Gasteiger partial charge on any atom is 0.305 e. The lowest BCUT2D eigenvalue weighted by Crippen LogP contribution is -2.02. The Labute approximate surface area is 125 Å². The van der Waals surface area contributed by atoms with Crippen molar-refractivity contribution in [1.29, 1.82) is 0 Å². The van der Waals surface area contributed by atoms with Gasteiger partial charge in [0.05, 0.1) is 13.2 Å². The molecular formula is C18H20O3. The van der Waals surface area contributed by atoms with Crippen molar-refractivity contribution in [3.63, 3.8) is 0 Å². The van der Waals surface area contributed by atoms with Gasteiger partial charge in [-0.2, -0.15) is 0 Å². The molecule has 110 valence electrons. The number of carbonyl (C=O) groups excluding carboxylic acids is 1. The Morgan fingerprint density at radius 2 is 1.67 bits per heavy atom. The van der Waals surface area contributed by atoms with E-state index in [1.807, 2.05) is 42.5 Å². The number of methoxy groups -OCH3 is 1. The van der Waals surface area contributed by atoms with Crippen LogP contribution in [0.3, 0.4) is 0 Å². The van der Waals surface area contributed by atoms with Crippen LogP contribution in [0.4, 0.5) is 0 Å². The standard InChI is InChI=1S/C18H20O3/c1-21-18(20)9-5-8-17(19)16-12-10-15(11-13-16)14-6-3-2-4-7-14/h2-4,6-7,10-13,17,19H,5,8-9H2,1H3. The van der Waals surface area contributed by atoms with Gasteiger partial charge in [-0.15, -0.1) is 0 Å². The van der Waals surface area contributed by atoms with E-state index < -0.39 is 6.10 Å². The largest absolute Gasteiger partial charge is 0.469 e. The Morgan fingerprint density at radius 1 is 1.05 bits per heavy atom. The molecule has 0 aliphatic heterocycles. The lowest BCUT2D eigenvalue weighted by atomic mass is 9.99. The summed E-state index contributed by atoms with van der Waals surface area (Å²) in [4.78, 5) is 11.0. The van der Waals surface area contributed by atoms with Gasteiger partial charge in [0, 0.05) is 6.42 Å². The maximum atomic E-state index is 11.0. The van der Waals surface area contributed by atoms with Crippen LogP contribution in [0.25, 0.3) is 11.1 Å². The third-order valence-electron chi connectivity index (χ3n) is 3.49. The Bertz CT molecular complexity index is 561. The quantitative estimate of drug-likeness (QED) is 0.822. The second-order valence-electron chi connectivity index (χ2n) is 4.97. The van der Waals surface area contributed by atoms with Gasteiger partial charge >= 0.3 is 5.97 Å². The highest BCUT2D eigenvalue weighted by molar-refractivity contribution is 5.69. The van der Waals surface area contributed by atoms with Gasteiger partial charge in [0.25, 0.3) is 0 Å². The molecule has 2 aromatic carbocycles. The van der Waals surface area contributed by atoms with Crippen LogP contribution < -0.4 is 0 Å². The van der Waals surface area contributed by atoms with Crippen molar-refractivity contribution >= 4 is 5.97 Å². The highest BCUT2D eigenvalue weighted by Gasteiger charge is 2.09. The fourth-order valence-electron chi connectivity index (χ4n) is 2.24. The monoisotopic (exact) mass is 284 g/mol. The van der Waals surface area contributed by atoms with Crippen molar-refractivity contribution in [1.82, 2.24) is 0 Å². The van der Waals surface area contributed by atoms with Gasteiger partial charge in [-0.05, 0) is 29.5 Å². The molecular weight excluding hydrogens is 264 g/mol. The first kappa shape index (κ1) is 15.3. The average Bonchev–Trinajstić information content (AvgIpc) is 2.55. The van der Waals surface area contributed by atoms with E-state index in [2.05, 4.69) is 16.9 Å². The van der Waals surface area contributed by atoms with Crippen molar-refractivity contribution < 1.29 is 14.6 Å². The minimum atomic E-state index is -0.542. The number of ether oxygens (including phenoxy) is 1. The number of aliphatic hydroxyl groups is 1. The van der Waals surface area contributed by atoms with Gasteiger partial charge in [0.2, 0.25) is 0 Å². The number of esters is 1. The number of carbonyl (C=O) groups is 1. The molecule has 0 spiro atoms.